The average molecular weight is 618 g/mol. The summed E-state index contributed by atoms with van der Waals surface area (Å²) in [4.78, 5) is 15.0. The van der Waals surface area contributed by atoms with Crippen LogP contribution < -0.4 is 9.64 Å². The minimum atomic E-state index is -2.35. The van der Waals surface area contributed by atoms with Gasteiger partial charge in [-0.05, 0) is 67.2 Å². The molecular weight excluding hydrogens is 566 g/mol. The van der Waals surface area contributed by atoms with Gasteiger partial charge < -0.3 is 13.9 Å². The largest absolute Gasteiger partial charge is 0.497 e. The van der Waals surface area contributed by atoms with Crippen LogP contribution in [0.3, 0.4) is 0 Å². The monoisotopic (exact) mass is 617 g/mol. The van der Waals surface area contributed by atoms with Crippen molar-refractivity contribution < 1.29 is 18.7 Å². The van der Waals surface area contributed by atoms with Gasteiger partial charge >= 0.3 is 6.09 Å². The summed E-state index contributed by atoms with van der Waals surface area (Å²) in [6.07, 6.45) is 3.04. The Kier molecular flexibility index (Phi) is 12.8. The second-order valence-corrected chi connectivity index (χ2v) is 19.0. The standard InChI is InChI=1S/C36H51N3O4Si/c1-26(2)44(27(3)4,28(5)6)42-25-36(10,30(23-37)24-38)33(29-15-13-12-14-16-29)21-22-39(34(40)43-35(7,8)9)31-17-19-32(41-11)20-18-31/h12-22,26-28,30,33H,25H2,1-11H3/b22-21+/t33-,36+/m0/s1. The number of nitriles is 2. The van der Waals surface area contributed by atoms with Crippen molar-refractivity contribution in [1.29, 1.82) is 10.5 Å². The fourth-order valence-electron chi connectivity index (χ4n) is 6.31. The van der Waals surface area contributed by atoms with Crippen LogP contribution in [0.2, 0.25) is 16.6 Å². The van der Waals surface area contributed by atoms with Crippen LogP contribution in [0.5, 0.6) is 5.75 Å². The van der Waals surface area contributed by atoms with Crippen LogP contribution in [-0.4, -0.2) is 33.7 Å². The highest BCUT2D eigenvalue weighted by atomic mass is 28.4. The van der Waals surface area contributed by atoms with Crippen molar-refractivity contribution >= 4 is 20.1 Å². The Morgan fingerprint density at radius 3 is 1.84 bits per heavy atom. The molecule has 44 heavy (non-hydrogen) atoms. The third-order valence-electron chi connectivity index (χ3n) is 8.50. The highest BCUT2D eigenvalue weighted by Crippen LogP contribution is 2.48. The molecule has 0 aliphatic carbocycles. The molecule has 0 heterocycles. The maximum atomic E-state index is 13.5. The molecule has 0 saturated carbocycles. The fraction of sp³-hybridized carbons (Fsp3) is 0.528. The zero-order valence-electron chi connectivity index (χ0n) is 28.4. The van der Waals surface area contributed by atoms with Crippen molar-refractivity contribution in [1.82, 2.24) is 0 Å². The Labute approximate surface area is 266 Å². The maximum Gasteiger partial charge on any atom is 0.418 e. The van der Waals surface area contributed by atoms with Crippen LogP contribution in [0, 0.1) is 34.0 Å². The van der Waals surface area contributed by atoms with Gasteiger partial charge in [0.2, 0.25) is 0 Å². The molecule has 0 radical (unpaired) electrons. The van der Waals surface area contributed by atoms with Gasteiger partial charge in [-0.3, -0.25) is 4.90 Å². The highest BCUT2D eigenvalue weighted by molar-refractivity contribution is 6.77. The number of nitrogens with zero attached hydrogens (tertiary/aromatic N) is 3. The molecule has 8 heteroatoms. The van der Waals surface area contributed by atoms with Crippen LogP contribution in [0.25, 0.3) is 0 Å². The molecular formula is C36H51N3O4Si. The minimum Gasteiger partial charge on any atom is -0.497 e. The van der Waals surface area contributed by atoms with E-state index in [1.165, 1.54) is 4.90 Å². The van der Waals surface area contributed by atoms with Crippen LogP contribution in [0.15, 0.2) is 66.9 Å². The molecule has 0 fully saturated rings. The third-order valence-corrected chi connectivity index (χ3v) is 14.6. The molecule has 0 aliphatic heterocycles. The van der Waals surface area contributed by atoms with Gasteiger partial charge in [0.15, 0.2) is 8.32 Å². The molecule has 2 rings (SSSR count). The Bertz CT molecular complexity index is 1280. The van der Waals surface area contributed by atoms with E-state index in [4.69, 9.17) is 13.9 Å². The van der Waals surface area contributed by atoms with E-state index in [0.717, 1.165) is 5.56 Å². The van der Waals surface area contributed by atoms with Crippen molar-refractivity contribution in [3.8, 4) is 17.9 Å². The van der Waals surface area contributed by atoms with Crippen molar-refractivity contribution in [3.05, 3.63) is 72.4 Å². The molecule has 238 valence electrons. The zero-order valence-corrected chi connectivity index (χ0v) is 29.4. The number of benzene rings is 2. The summed E-state index contributed by atoms with van der Waals surface area (Å²) in [5.41, 5.74) is 0.826. The number of rotatable bonds is 13. The van der Waals surface area contributed by atoms with Gasteiger partial charge in [-0.25, -0.2) is 4.79 Å². The molecule has 0 unspecified atom stereocenters. The van der Waals surface area contributed by atoms with E-state index in [1.54, 1.807) is 37.6 Å². The summed E-state index contributed by atoms with van der Waals surface area (Å²) in [5, 5.41) is 20.6. The topological polar surface area (TPSA) is 95.6 Å². The van der Waals surface area contributed by atoms with Crippen molar-refractivity contribution in [2.45, 2.75) is 97.4 Å². The lowest BCUT2D eigenvalue weighted by Crippen LogP contribution is -2.51. The predicted molar refractivity (Wildman–Crippen MR) is 180 cm³/mol. The van der Waals surface area contributed by atoms with Gasteiger partial charge in [-0.2, -0.15) is 10.5 Å². The quantitative estimate of drug-likeness (QED) is 0.208. The number of carbonyl (C=O) groups excluding carboxylic acids is 1. The Hall–Kier alpha value is -3.59. The SMILES string of the molecule is COc1ccc(N(/C=C/[C@@H](c2ccccc2)[C@](C)(CO[Si](C(C)C)(C(C)C)C(C)C)C(C#N)C#N)C(=O)OC(C)(C)C)cc1. The molecule has 7 nitrogen and oxygen atoms in total. The average Bonchev–Trinajstić information content (AvgIpc) is 2.95. The highest BCUT2D eigenvalue weighted by Gasteiger charge is 2.49. The minimum absolute atomic E-state index is 0.221. The number of anilines is 1. The first-order chi connectivity index (χ1) is 20.6. The summed E-state index contributed by atoms with van der Waals surface area (Å²) in [6, 6.07) is 21.5. The first-order valence-corrected chi connectivity index (χ1v) is 17.5. The Morgan fingerprint density at radius 2 is 1.41 bits per heavy atom. The summed E-state index contributed by atoms with van der Waals surface area (Å²) < 4.78 is 18.2. The van der Waals surface area contributed by atoms with Crippen LogP contribution >= 0.6 is 0 Å². The first kappa shape index (κ1) is 36.6. The van der Waals surface area contributed by atoms with Gasteiger partial charge in [-0.15, -0.1) is 0 Å². The van der Waals surface area contributed by atoms with Gasteiger partial charge in [-0.1, -0.05) is 84.9 Å². The van der Waals surface area contributed by atoms with E-state index < -0.39 is 37.3 Å². The van der Waals surface area contributed by atoms with Crippen molar-refractivity contribution in [3.63, 3.8) is 0 Å². The molecule has 0 bridgehead atoms. The molecule has 0 saturated heterocycles. The van der Waals surface area contributed by atoms with E-state index in [-0.39, 0.29) is 6.61 Å². The fourth-order valence-corrected chi connectivity index (χ4v) is 11.9. The Balaban J connectivity index is 2.77. The lowest BCUT2D eigenvalue weighted by Gasteiger charge is -2.46. The first-order valence-electron chi connectivity index (χ1n) is 15.4. The lowest BCUT2D eigenvalue weighted by atomic mass is 9.66. The van der Waals surface area contributed by atoms with E-state index in [2.05, 4.69) is 53.7 Å². The van der Waals surface area contributed by atoms with Gasteiger partial charge in [0, 0.05) is 24.1 Å². The molecule has 2 aromatic carbocycles. The van der Waals surface area contributed by atoms with Crippen LogP contribution in [0.4, 0.5) is 10.5 Å². The number of carbonyl (C=O) groups is 1. The predicted octanol–water partition coefficient (Wildman–Crippen LogP) is 9.60. The van der Waals surface area contributed by atoms with E-state index in [1.807, 2.05) is 64.1 Å². The van der Waals surface area contributed by atoms with Gasteiger partial charge in [0.05, 0.1) is 24.9 Å². The normalized spacial score (nSPS) is 14.4. The zero-order chi connectivity index (χ0) is 33.3. The van der Waals surface area contributed by atoms with E-state index >= 15 is 0 Å². The molecule has 0 spiro atoms. The van der Waals surface area contributed by atoms with Crippen molar-refractivity contribution in [2.75, 3.05) is 18.6 Å². The number of hydrogen-bond donors (Lipinski definition) is 0. The molecule has 2 atom stereocenters. The second-order valence-electron chi connectivity index (χ2n) is 13.6. The lowest BCUT2D eigenvalue weighted by molar-refractivity contribution is 0.0596. The molecule has 1 amide bonds. The van der Waals surface area contributed by atoms with Crippen molar-refractivity contribution in [2.24, 2.45) is 11.3 Å². The molecule has 2 aromatic rings. The summed E-state index contributed by atoms with van der Waals surface area (Å²) in [5.74, 6) is -0.770. The second kappa shape index (κ2) is 15.4. The third kappa shape index (κ3) is 8.52. The van der Waals surface area contributed by atoms with Crippen LogP contribution in [0.1, 0.15) is 80.7 Å². The molecule has 0 aromatic heterocycles. The van der Waals surface area contributed by atoms with E-state index in [9.17, 15) is 15.3 Å². The summed E-state index contributed by atoms with van der Waals surface area (Å²) in [6.45, 7) is 21.0. The maximum absolute atomic E-state index is 13.5. The Morgan fingerprint density at radius 1 is 0.886 bits per heavy atom. The number of methoxy groups -OCH3 is 1. The summed E-state index contributed by atoms with van der Waals surface area (Å²) >= 11 is 0. The molecule has 0 aliphatic rings. The van der Waals surface area contributed by atoms with Crippen LogP contribution in [-0.2, 0) is 9.16 Å². The number of amides is 1. The van der Waals surface area contributed by atoms with Gasteiger partial charge in [0.1, 0.15) is 17.3 Å². The smallest absolute Gasteiger partial charge is 0.418 e. The number of allylic oxidation sites excluding steroid dienone is 1. The number of hydrogen-bond acceptors (Lipinski definition) is 6. The number of ether oxygens (including phenoxy) is 2. The summed E-state index contributed by atoms with van der Waals surface area (Å²) in [7, 11) is -0.759. The molecule has 0 N–H and O–H groups in total. The van der Waals surface area contributed by atoms with E-state index in [0.29, 0.717) is 28.1 Å². The van der Waals surface area contributed by atoms with Gasteiger partial charge in [0.25, 0.3) is 0 Å².